The van der Waals surface area contributed by atoms with Crippen LogP contribution in [0.2, 0.25) is 0 Å². The van der Waals surface area contributed by atoms with E-state index in [1.165, 1.54) is 44.1 Å². The molecule has 0 saturated carbocycles. The molecule has 87 valence electrons. The Bertz CT molecular complexity index is 287. The fourth-order valence-corrected chi connectivity index (χ4v) is 1.85. The molecule has 0 aliphatic heterocycles. The normalized spacial score (nSPS) is 10.3. The van der Waals surface area contributed by atoms with Crippen molar-refractivity contribution in [1.29, 1.82) is 0 Å². The molecule has 0 N–H and O–H groups in total. The van der Waals surface area contributed by atoms with Crippen molar-refractivity contribution in [2.45, 2.75) is 51.9 Å². The Balaban J connectivity index is 2.14. The minimum atomic E-state index is 0.645. The van der Waals surface area contributed by atoms with Crippen molar-refractivity contribution in [3.8, 4) is 0 Å². The van der Waals surface area contributed by atoms with Crippen LogP contribution in [-0.4, -0.2) is 6.29 Å². The minimum absolute atomic E-state index is 0.645. The topological polar surface area (TPSA) is 17.1 Å². The van der Waals surface area contributed by atoms with Crippen LogP contribution >= 0.6 is 0 Å². The number of hydrogen-bond donors (Lipinski definition) is 0. The number of carbonyl (C=O) groups excluding carboxylic acids is 1. The highest BCUT2D eigenvalue weighted by atomic mass is 16.1. The molecule has 0 heterocycles. The smallest absolute Gasteiger partial charge is 0.233 e. The quantitative estimate of drug-likeness (QED) is 0.600. The molecule has 0 spiro atoms. The highest BCUT2D eigenvalue weighted by Gasteiger charge is 1.95. The Morgan fingerprint density at radius 1 is 0.938 bits per heavy atom. The number of benzene rings is 1. The van der Waals surface area contributed by atoms with Gasteiger partial charge in [0.2, 0.25) is 6.29 Å². The predicted octanol–water partition coefficient (Wildman–Crippen LogP) is 4.05. The third-order valence-electron chi connectivity index (χ3n) is 2.89. The second kappa shape index (κ2) is 8.09. The van der Waals surface area contributed by atoms with Crippen LogP contribution in [0.4, 0.5) is 0 Å². The molecule has 0 atom stereocenters. The zero-order valence-electron chi connectivity index (χ0n) is 10.2. The summed E-state index contributed by atoms with van der Waals surface area (Å²) in [6.45, 7) is 2.24. The molecule has 0 aliphatic carbocycles. The molecule has 1 rings (SSSR count). The molecule has 0 amide bonds. The van der Waals surface area contributed by atoms with E-state index in [0.29, 0.717) is 5.56 Å². The summed E-state index contributed by atoms with van der Waals surface area (Å²) in [5, 5.41) is 0. The van der Waals surface area contributed by atoms with Crippen molar-refractivity contribution >= 4 is 6.29 Å². The second-order valence-corrected chi connectivity index (χ2v) is 4.32. The summed E-state index contributed by atoms with van der Waals surface area (Å²) in [5.74, 6) is 0. The van der Waals surface area contributed by atoms with E-state index in [4.69, 9.17) is 0 Å². The van der Waals surface area contributed by atoms with Gasteiger partial charge in [0.25, 0.3) is 0 Å². The number of rotatable bonds is 8. The molecule has 0 saturated heterocycles. The van der Waals surface area contributed by atoms with Crippen molar-refractivity contribution in [1.82, 2.24) is 0 Å². The maximum absolute atomic E-state index is 10.4. The van der Waals surface area contributed by atoms with Crippen LogP contribution in [0.25, 0.3) is 0 Å². The molecule has 1 aromatic carbocycles. The lowest BCUT2D eigenvalue weighted by Gasteiger charge is -2.02. The monoisotopic (exact) mass is 217 g/mol. The third kappa shape index (κ3) is 5.11. The maximum atomic E-state index is 10.4. The van der Waals surface area contributed by atoms with Crippen LogP contribution in [0, 0.1) is 0 Å². The summed E-state index contributed by atoms with van der Waals surface area (Å²) in [6.07, 6.45) is 11.0. The van der Waals surface area contributed by atoms with Crippen LogP contribution < -0.4 is 0 Å². The summed E-state index contributed by atoms with van der Waals surface area (Å²) in [5.41, 5.74) is 1.97. The van der Waals surface area contributed by atoms with E-state index in [-0.39, 0.29) is 0 Å². The zero-order valence-corrected chi connectivity index (χ0v) is 10.2. The van der Waals surface area contributed by atoms with E-state index >= 15 is 0 Å². The van der Waals surface area contributed by atoms with E-state index in [0.717, 1.165) is 6.42 Å². The van der Waals surface area contributed by atoms with Gasteiger partial charge in [0.1, 0.15) is 0 Å². The molecule has 0 bridgehead atoms. The Morgan fingerprint density at radius 2 is 1.56 bits per heavy atom. The summed E-state index contributed by atoms with van der Waals surface area (Å²) < 4.78 is 0. The van der Waals surface area contributed by atoms with Gasteiger partial charge in [0, 0.05) is 5.56 Å². The standard InChI is InChI=1S/C15H21O/c1-2-3-4-5-6-7-8-14-9-11-15(13-16)12-10-14/h9-12H,2-8H2,1H3. The first-order valence-corrected chi connectivity index (χ1v) is 6.34. The summed E-state index contributed by atoms with van der Waals surface area (Å²) in [6, 6.07) is 7.76. The number of hydrogen-bond acceptors (Lipinski definition) is 1. The molecule has 0 aromatic heterocycles. The van der Waals surface area contributed by atoms with E-state index < -0.39 is 0 Å². The molecule has 16 heavy (non-hydrogen) atoms. The van der Waals surface area contributed by atoms with Gasteiger partial charge in [0.15, 0.2) is 0 Å². The lowest BCUT2D eigenvalue weighted by molar-refractivity contribution is 0.562. The molecule has 1 aromatic rings. The maximum Gasteiger partial charge on any atom is 0.233 e. The van der Waals surface area contributed by atoms with E-state index in [1.807, 2.05) is 30.6 Å². The first kappa shape index (κ1) is 13.0. The van der Waals surface area contributed by atoms with E-state index in [2.05, 4.69) is 6.92 Å². The highest BCUT2D eigenvalue weighted by Crippen LogP contribution is 2.10. The number of aryl methyl sites for hydroxylation is 1. The third-order valence-corrected chi connectivity index (χ3v) is 2.89. The van der Waals surface area contributed by atoms with Gasteiger partial charge in [-0.1, -0.05) is 63.3 Å². The van der Waals surface area contributed by atoms with Gasteiger partial charge in [-0.05, 0) is 18.4 Å². The van der Waals surface area contributed by atoms with E-state index in [1.54, 1.807) is 0 Å². The average molecular weight is 217 g/mol. The number of unbranched alkanes of at least 4 members (excludes halogenated alkanes) is 5. The predicted molar refractivity (Wildman–Crippen MR) is 68.3 cm³/mol. The van der Waals surface area contributed by atoms with Gasteiger partial charge in [-0.2, -0.15) is 0 Å². The molecular formula is C15H21O. The van der Waals surface area contributed by atoms with Crippen molar-refractivity contribution in [2.75, 3.05) is 0 Å². The largest absolute Gasteiger partial charge is 0.285 e. The van der Waals surface area contributed by atoms with Crippen molar-refractivity contribution in [3.05, 3.63) is 35.4 Å². The van der Waals surface area contributed by atoms with Gasteiger partial charge in [-0.25, -0.2) is 0 Å². The van der Waals surface area contributed by atoms with Crippen molar-refractivity contribution in [2.24, 2.45) is 0 Å². The Morgan fingerprint density at radius 3 is 2.19 bits per heavy atom. The Kier molecular flexibility index (Phi) is 6.55. The van der Waals surface area contributed by atoms with Crippen LogP contribution in [0.1, 0.15) is 56.6 Å². The first-order valence-electron chi connectivity index (χ1n) is 6.34. The molecule has 1 heteroatoms. The Hall–Kier alpha value is -1.11. The lowest BCUT2D eigenvalue weighted by Crippen LogP contribution is -1.87. The SMILES string of the molecule is CCCCCCCCc1ccc([C]=O)cc1. The second-order valence-electron chi connectivity index (χ2n) is 4.32. The fraction of sp³-hybridized carbons (Fsp3) is 0.533. The van der Waals surface area contributed by atoms with Gasteiger partial charge in [-0.15, -0.1) is 0 Å². The summed E-state index contributed by atoms with van der Waals surface area (Å²) in [4.78, 5) is 10.4. The van der Waals surface area contributed by atoms with Gasteiger partial charge >= 0.3 is 0 Å². The van der Waals surface area contributed by atoms with Crippen molar-refractivity contribution < 1.29 is 4.79 Å². The molecular weight excluding hydrogens is 196 g/mol. The molecule has 0 aliphatic rings. The summed E-state index contributed by atoms with van der Waals surface area (Å²) in [7, 11) is 0. The van der Waals surface area contributed by atoms with Crippen LogP contribution in [-0.2, 0) is 11.2 Å². The van der Waals surface area contributed by atoms with Crippen molar-refractivity contribution in [3.63, 3.8) is 0 Å². The van der Waals surface area contributed by atoms with E-state index in [9.17, 15) is 4.79 Å². The average Bonchev–Trinajstić information content (AvgIpc) is 2.34. The van der Waals surface area contributed by atoms with Gasteiger partial charge in [0.05, 0.1) is 0 Å². The molecule has 1 nitrogen and oxygen atoms in total. The fourth-order valence-electron chi connectivity index (χ4n) is 1.85. The molecule has 0 fully saturated rings. The minimum Gasteiger partial charge on any atom is -0.285 e. The first-order chi connectivity index (χ1) is 7.86. The van der Waals surface area contributed by atoms with Gasteiger partial charge < -0.3 is 0 Å². The van der Waals surface area contributed by atoms with Crippen LogP contribution in [0.15, 0.2) is 24.3 Å². The summed E-state index contributed by atoms with van der Waals surface area (Å²) >= 11 is 0. The Labute approximate surface area is 98.9 Å². The molecule has 0 unspecified atom stereocenters. The van der Waals surface area contributed by atoms with Gasteiger partial charge in [-0.3, -0.25) is 4.79 Å². The zero-order chi connectivity index (χ0) is 11.6. The van der Waals surface area contributed by atoms with Crippen LogP contribution in [0.5, 0.6) is 0 Å². The van der Waals surface area contributed by atoms with Crippen LogP contribution in [0.3, 0.4) is 0 Å². The molecule has 1 radical (unpaired) electrons. The lowest BCUT2D eigenvalue weighted by atomic mass is 10.0. The highest BCUT2D eigenvalue weighted by molar-refractivity contribution is 5.75.